The number of carbonyl (C=O) groups is 3. The van der Waals surface area contributed by atoms with Crippen LogP contribution in [-0.2, 0) is 16.1 Å². The number of anilines is 1. The summed E-state index contributed by atoms with van der Waals surface area (Å²) in [6.45, 7) is 4.00. The largest absolute Gasteiger partial charge is 0.484 e. The second-order valence-electron chi connectivity index (χ2n) is 8.12. The van der Waals surface area contributed by atoms with Crippen LogP contribution in [-0.4, -0.2) is 28.6 Å². The van der Waals surface area contributed by atoms with Crippen molar-refractivity contribution in [3.05, 3.63) is 98.9 Å². The summed E-state index contributed by atoms with van der Waals surface area (Å²) in [6, 6.07) is 19.8. The van der Waals surface area contributed by atoms with Crippen LogP contribution in [0.1, 0.15) is 22.3 Å². The summed E-state index contributed by atoms with van der Waals surface area (Å²) < 4.78 is 5.58. The number of hydrogen-bond acceptors (Lipinski definition) is 5. The van der Waals surface area contributed by atoms with Gasteiger partial charge in [-0.15, -0.1) is 0 Å². The normalized spacial score (nSPS) is 14.5. The number of thioether (sulfide) groups is 1. The molecule has 1 N–H and O–H groups in total. The van der Waals surface area contributed by atoms with Gasteiger partial charge in [0, 0.05) is 10.7 Å². The molecule has 0 saturated carbocycles. The summed E-state index contributed by atoms with van der Waals surface area (Å²) in [7, 11) is 0. The van der Waals surface area contributed by atoms with Crippen molar-refractivity contribution >= 4 is 52.2 Å². The van der Waals surface area contributed by atoms with Gasteiger partial charge < -0.3 is 10.1 Å². The molecule has 0 radical (unpaired) electrons. The summed E-state index contributed by atoms with van der Waals surface area (Å²) in [4.78, 5) is 38.9. The maximum absolute atomic E-state index is 12.7. The van der Waals surface area contributed by atoms with Crippen molar-refractivity contribution in [2.75, 3.05) is 11.9 Å². The Morgan fingerprint density at radius 1 is 1.03 bits per heavy atom. The van der Waals surface area contributed by atoms with E-state index in [0.717, 1.165) is 39.7 Å². The van der Waals surface area contributed by atoms with E-state index in [0.29, 0.717) is 15.7 Å². The van der Waals surface area contributed by atoms with Crippen molar-refractivity contribution < 1.29 is 19.1 Å². The van der Waals surface area contributed by atoms with Crippen molar-refractivity contribution in [1.29, 1.82) is 0 Å². The second kappa shape index (κ2) is 10.8. The third-order valence-electron chi connectivity index (χ3n) is 5.33. The molecule has 0 unspecified atom stereocenters. The lowest BCUT2D eigenvalue weighted by Gasteiger charge is -2.12. The molecule has 3 aromatic rings. The molecular weight excluding hydrogens is 484 g/mol. The van der Waals surface area contributed by atoms with Crippen LogP contribution in [0.15, 0.2) is 71.6 Å². The van der Waals surface area contributed by atoms with Crippen molar-refractivity contribution in [2.24, 2.45) is 0 Å². The molecule has 1 saturated heterocycles. The number of halogens is 1. The predicted molar refractivity (Wildman–Crippen MR) is 139 cm³/mol. The van der Waals surface area contributed by atoms with Crippen LogP contribution in [0.2, 0.25) is 5.02 Å². The summed E-state index contributed by atoms with van der Waals surface area (Å²) in [5.41, 5.74) is 4.43. The van der Waals surface area contributed by atoms with E-state index < -0.39 is 0 Å². The molecule has 1 aliphatic rings. The highest BCUT2D eigenvalue weighted by atomic mass is 35.5. The minimum Gasteiger partial charge on any atom is -0.484 e. The molecule has 178 valence electrons. The molecule has 0 aliphatic carbocycles. The molecule has 6 nitrogen and oxygen atoms in total. The van der Waals surface area contributed by atoms with Gasteiger partial charge in [0.25, 0.3) is 17.1 Å². The number of aryl methyl sites for hydroxylation is 2. The Morgan fingerprint density at radius 3 is 2.43 bits per heavy atom. The fourth-order valence-corrected chi connectivity index (χ4v) is 4.47. The zero-order chi connectivity index (χ0) is 24.9. The quantitative estimate of drug-likeness (QED) is 0.385. The minimum absolute atomic E-state index is 0.129. The summed E-state index contributed by atoms with van der Waals surface area (Å²) in [5.74, 6) is -0.0671. The van der Waals surface area contributed by atoms with Gasteiger partial charge in [0.15, 0.2) is 6.61 Å². The Balaban J connectivity index is 1.34. The second-order valence-corrected chi connectivity index (χ2v) is 9.55. The first kappa shape index (κ1) is 24.6. The van der Waals surface area contributed by atoms with E-state index in [1.807, 2.05) is 32.0 Å². The molecule has 3 amide bonds. The highest BCUT2D eigenvalue weighted by Gasteiger charge is 2.34. The zero-order valence-electron chi connectivity index (χ0n) is 19.2. The summed E-state index contributed by atoms with van der Waals surface area (Å²) in [6.07, 6.45) is 1.67. The van der Waals surface area contributed by atoms with E-state index in [1.165, 1.54) is 4.90 Å². The van der Waals surface area contributed by atoms with Gasteiger partial charge in [-0.05, 0) is 78.7 Å². The van der Waals surface area contributed by atoms with Crippen LogP contribution in [0.3, 0.4) is 0 Å². The molecule has 1 fully saturated rings. The first-order valence-electron chi connectivity index (χ1n) is 10.9. The molecule has 0 atom stereocenters. The first-order valence-corrected chi connectivity index (χ1v) is 12.1. The lowest BCUT2D eigenvalue weighted by atomic mass is 10.1. The number of ether oxygens (including phenoxy) is 1. The Labute approximate surface area is 212 Å². The van der Waals surface area contributed by atoms with Crippen LogP contribution >= 0.6 is 23.4 Å². The van der Waals surface area contributed by atoms with Crippen LogP contribution in [0.4, 0.5) is 10.5 Å². The van der Waals surface area contributed by atoms with Crippen molar-refractivity contribution in [1.82, 2.24) is 4.90 Å². The Morgan fingerprint density at radius 2 is 1.74 bits per heavy atom. The number of amides is 3. The highest BCUT2D eigenvalue weighted by Crippen LogP contribution is 2.33. The lowest BCUT2D eigenvalue weighted by molar-refractivity contribution is -0.123. The molecule has 8 heteroatoms. The zero-order valence-corrected chi connectivity index (χ0v) is 20.8. The van der Waals surface area contributed by atoms with Crippen LogP contribution in [0.25, 0.3) is 6.08 Å². The van der Waals surface area contributed by atoms with E-state index in [-0.39, 0.29) is 30.2 Å². The maximum Gasteiger partial charge on any atom is 0.293 e. The van der Waals surface area contributed by atoms with Gasteiger partial charge in [-0.25, -0.2) is 0 Å². The van der Waals surface area contributed by atoms with Crippen molar-refractivity contribution in [3.8, 4) is 5.75 Å². The molecule has 1 aliphatic heterocycles. The van der Waals surface area contributed by atoms with Crippen molar-refractivity contribution in [2.45, 2.75) is 20.4 Å². The Bertz CT molecular complexity index is 1300. The fourth-order valence-electron chi connectivity index (χ4n) is 3.51. The smallest absolute Gasteiger partial charge is 0.293 e. The number of carbonyl (C=O) groups excluding carboxylic acids is 3. The highest BCUT2D eigenvalue weighted by molar-refractivity contribution is 8.18. The van der Waals surface area contributed by atoms with Gasteiger partial charge in [-0.3, -0.25) is 19.3 Å². The van der Waals surface area contributed by atoms with E-state index in [1.54, 1.807) is 54.6 Å². The van der Waals surface area contributed by atoms with E-state index in [9.17, 15) is 14.4 Å². The van der Waals surface area contributed by atoms with Gasteiger partial charge >= 0.3 is 0 Å². The van der Waals surface area contributed by atoms with Crippen molar-refractivity contribution in [3.63, 3.8) is 0 Å². The summed E-state index contributed by atoms with van der Waals surface area (Å²) in [5, 5.41) is 3.12. The standard InChI is InChI=1S/C27H23ClN2O4S/c1-17-3-12-23(18(2)13-17)29-25(31)16-34-22-10-6-19(7-11-22)14-24-26(32)30(27(33)35-24)15-20-4-8-21(28)9-5-20/h3-14H,15-16H2,1-2H3,(H,29,31)/b24-14-. The maximum atomic E-state index is 12.7. The molecule has 0 bridgehead atoms. The van der Waals surface area contributed by atoms with Crippen LogP contribution < -0.4 is 10.1 Å². The molecule has 0 aromatic heterocycles. The number of imide groups is 1. The number of nitrogens with zero attached hydrogens (tertiary/aromatic N) is 1. The number of hydrogen-bond donors (Lipinski definition) is 1. The Kier molecular flexibility index (Phi) is 7.58. The van der Waals surface area contributed by atoms with Gasteiger partial charge in [0.1, 0.15) is 5.75 Å². The number of nitrogens with one attached hydrogen (secondary N) is 1. The lowest BCUT2D eigenvalue weighted by Crippen LogP contribution is -2.27. The minimum atomic E-state index is -0.335. The molecule has 1 heterocycles. The topological polar surface area (TPSA) is 75.7 Å². The molecule has 35 heavy (non-hydrogen) atoms. The van der Waals surface area contributed by atoms with Gasteiger partial charge in [0.2, 0.25) is 0 Å². The average molecular weight is 507 g/mol. The average Bonchev–Trinajstić information content (AvgIpc) is 3.09. The number of rotatable bonds is 7. The van der Waals surface area contributed by atoms with Crippen LogP contribution in [0.5, 0.6) is 5.75 Å². The fraction of sp³-hybridized carbons (Fsp3) is 0.148. The molecule has 0 spiro atoms. The monoisotopic (exact) mass is 506 g/mol. The summed E-state index contributed by atoms with van der Waals surface area (Å²) >= 11 is 6.81. The van der Waals surface area contributed by atoms with Gasteiger partial charge in [0.05, 0.1) is 11.4 Å². The van der Waals surface area contributed by atoms with Gasteiger partial charge in [-0.2, -0.15) is 0 Å². The third kappa shape index (κ3) is 6.32. The molecule has 3 aromatic carbocycles. The molecule has 4 rings (SSSR count). The van der Waals surface area contributed by atoms with Gasteiger partial charge in [-0.1, -0.05) is 53.6 Å². The Hall–Kier alpha value is -3.55. The SMILES string of the molecule is Cc1ccc(NC(=O)COc2ccc(/C=C3\SC(=O)N(Cc4ccc(Cl)cc4)C3=O)cc2)c(C)c1. The number of benzene rings is 3. The van der Waals surface area contributed by atoms with E-state index in [2.05, 4.69) is 5.32 Å². The third-order valence-corrected chi connectivity index (χ3v) is 6.49. The van der Waals surface area contributed by atoms with Crippen LogP contribution in [0, 0.1) is 13.8 Å². The molecular formula is C27H23ClN2O4S. The van der Waals surface area contributed by atoms with E-state index in [4.69, 9.17) is 16.3 Å². The van der Waals surface area contributed by atoms with E-state index >= 15 is 0 Å². The predicted octanol–water partition coefficient (Wildman–Crippen LogP) is 6.21. The first-order chi connectivity index (χ1) is 16.8.